The third kappa shape index (κ3) is 3.39. The lowest BCUT2D eigenvalue weighted by Crippen LogP contribution is -2.11. The van der Waals surface area contributed by atoms with Crippen LogP contribution in [0.3, 0.4) is 0 Å². The van der Waals surface area contributed by atoms with Crippen LogP contribution in [0.2, 0.25) is 5.02 Å². The van der Waals surface area contributed by atoms with E-state index < -0.39 is 32.9 Å². The summed E-state index contributed by atoms with van der Waals surface area (Å²) >= 11 is 5.65. The van der Waals surface area contributed by atoms with Gasteiger partial charge in [0.2, 0.25) is 0 Å². The van der Waals surface area contributed by atoms with E-state index in [9.17, 15) is 22.0 Å². The predicted octanol–water partition coefficient (Wildman–Crippen LogP) is 2.55. The van der Waals surface area contributed by atoms with Gasteiger partial charge in [-0.3, -0.25) is 4.79 Å². The van der Waals surface area contributed by atoms with Crippen LogP contribution in [0, 0.1) is 0 Å². The van der Waals surface area contributed by atoms with Gasteiger partial charge >= 0.3 is 6.61 Å². The van der Waals surface area contributed by atoms with E-state index in [2.05, 4.69) is 4.74 Å². The summed E-state index contributed by atoms with van der Waals surface area (Å²) in [5.41, 5.74) is -0.303. The average Bonchev–Trinajstić information content (AvgIpc) is 2.17. The second kappa shape index (κ2) is 5.19. The molecular weight excluding hydrogens is 290 g/mol. The highest BCUT2D eigenvalue weighted by Crippen LogP contribution is 2.33. The molecule has 0 radical (unpaired) electrons. The Hall–Kier alpha value is -1.21. The molecule has 1 rings (SSSR count). The number of alkyl halides is 2. The van der Waals surface area contributed by atoms with Crippen LogP contribution in [0.5, 0.6) is 5.75 Å². The number of halogens is 3. The van der Waals surface area contributed by atoms with E-state index in [4.69, 9.17) is 11.6 Å². The smallest absolute Gasteiger partial charge is 0.387 e. The summed E-state index contributed by atoms with van der Waals surface area (Å²) in [6, 6.07) is 2.04. The molecule has 0 saturated carbocycles. The first-order chi connectivity index (χ1) is 8.12. The molecule has 0 aliphatic rings. The van der Waals surface area contributed by atoms with Crippen molar-refractivity contribution in [2.45, 2.75) is 18.4 Å². The number of rotatable bonds is 4. The Morgan fingerprint density at radius 3 is 2.33 bits per heavy atom. The fraction of sp³-hybridized carbons (Fsp3) is 0.300. The van der Waals surface area contributed by atoms with Crippen LogP contribution in [-0.2, 0) is 9.84 Å². The van der Waals surface area contributed by atoms with Gasteiger partial charge in [0.1, 0.15) is 4.90 Å². The van der Waals surface area contributed by atoms with Crippen LogP contribution >= 0.6 is 11.6 Å². The summed E-state index contributed by atoms with van der Waals surface area (Å²) in [4.78, 5) is 10.8. The Morgan fingerprint density at radius 1 is 1.39 bits per heavy atom. The number of Topliss-reactive ketones (excluding diaryl/α,β-unsaturated/α-hetero) is 1. The Balaban J connectivity index is 3.63. The summed E-state index contributed by atoms with van der Waals surface area (Å²) < 4.78 is 51.6. The third-order valence-corrected chi connectivity index (χ3v) is 3.33. The third-order valence-electron chi connectivity index (χ3n) is 2.01. The lowest BCUT2D eigenvalue weighted by atomic mass is 10.1. The molecule has 18 heavy (non-hydrogen) atoms. The van der Waals surface area contributed by atoms with Gasteiger partial charge in [0.25, 0.3) is 0 Å². The van der Waals surface area contributed by atoms with E-state index in [1.54, 1.807) is 0 Å². The van der Waals surface area contributed by atoms with Gasteiger partial charge in [-0.2, -0.15) is 8.78 Å². The van der Waals surface area contributed by atoms with Crippen LogP contribution < -0.4 is 4.74 Å². The lowest BCUT2D eigenvalue weighted by Gasteiger charge is -2.13. The second-order valence-electron chi connectivity index (χ2n) is 3.49. The monoisotopic (exact) mass is 298 g/mol. The molecule has 0 bridgehead atoms. The van der Waals surface area contributed by atoms with Crippen molar-refractivity contribution in [1.29, 1.82) is 0 Å². The van der Waals surface area contributed by atoms with E-state index >= 15 is 0 Å². The predicted molar refractivity (Wildman–Crippen MR) is 61.2 cm³/mol. The first kappa shape index (κ1) is 14.8. The SMILES string of the molecule is CC(=O)c1cc(Cl)cc(S(C)(=O)=O)c1OC(F)F. The van der Waals surface area contributed by atoms with Crippen molar-refractivity contribution in [3.05, 3.63) is 22.7 Å². The molecule has 0 amide bonds. The number of ether oxygens (including phenoxy) is 1. The first-order valence-corrected chi connectivity index (χ1v) is 6.89. The second-order valence-corrected chi connectivity index (χ2v) is 5.91. The number of hydrogen-bond donors (Lipinski definition) is 0. The molecule has 100 valence electrons. The summed E-state index contributed by atoms with van der Waals surface area (Å²) in [5.74, 6) is -1.30. The van der Waals surface area contributed by atoms with Crippen LogP contribution in [0.4, 0.5) is 8.78 Å². The molecule has 8 heteroatoms. The molecular formula is C10H9ClF2O4S. The molecule has 4 nitrogen and oxygen atoms in total. The molecule has 1 aromatic carbocycles. The molecule has 0 spiro atoms. The van der Waals surface area contributed by atoms with E-state index in [-0.39, 0.29) is 10.6 Å². The standard InChI is InChI=1S/C10H9ClF2O4S/c1-5(14)7-3-6(11)4-8(18(2,15)16)9(7)17-10(12)13/h3-4,10H,1-2H3. The zero-order valence-electron chi connectivity index (χ0n) is 9.41. The van der Waals surface area contributed by atoms with Crippen LogP contribution in [-0.4, -0.2) is 27.1 Å². The molecule has 0 aliphatic heterocycles. The molecule has 0 atom stereocenters. The zero-order chi connectivity index (χ0) is 14.1. The fourth-order valence-corrected chi connectivity index (χ4v) is 2.43. The van der Waals surface area contributed by atoms with Gasteiger partial charge in [-0.05, 0) is 19.1 Å². The Kier molecular flexibility index (Phi) is 4.28. The van der Waals surface area contributed by atoms with Crippen molar-refractivity contribution in [3.63, 3.8) is 0 Å². The molecule has 0 saturated heterocycles. The van der Waals surface area contributed by atoms with Crippen molar-refractivity contribution >= 4 is 27.2 Å². The number of sulfone groups is 1. The van der Waals surface area contributed by atoms with Gasteiger partial charge in [-0.1, -0.05) is 11.6 Å². The highest BCUT2D eigenvalue weighted by Gasteiger charge is 2.24. The quantitative estimate of drug-likeness (QED) is 0.802. The summed E-state index contributed by atoms with van der Waals surface area (Å²) in [7, 11) is -3.85. The number of hydrogen-bond acceptors (Lipinski definition) is 4. The highest BCUT2D eigenvalue weighted by molar-refractivity contribution is 7.90. The van der Waals surface area contributed by atoms with Crippen molar-refractivity contribution in [2.24, 2.45) is 0 Å². The van der Waals surface area contributed by atoms with Crippen molar-refractivity contribution in [1.82, 2.24) is 0 Å². The van der Waals surface area contributed by atoms with Crippen LogP contribution in [0.1, 0.15) is 17.3 Å². The average molecular weight is 299 g/mol. The van der Waals surface area contributed by atoms with Crippen molar-refractivity contribution in [2.75, 3.05) is 6.26 Å². The number of carbonyl (C=O) groups excluding carboxylic acids is 1. The lowest BCUT2D eigenvalue weighted by molar-refractivity contribution is -0.0520. The van der Waals surface area contributed by atoms with Gasteiger partial charge in [-0.15, -0.1) is 0 Å². The summed E-state index contributed by atoms with van der Waals surface area (Å²) in [5, 5.41) is -0.0535. The molecule has 0 aliphatic carbocycles. The largest absolute Gasteiger partial charge is 0.433 e. The first-order valence-electron chi connectivity index (χ1n) is 4.62. The van der Waals surface area contributed by atoms with E-state index in [0.29, 0.717) is 0 Å². The fourth-order valence-electron chi connectivity index (χ4n) is 1.32. The Morgan fingerprint density at radius 2 is 1.94 bits per heavy atom. The minimum Gasteiger partial charge on any atom is -0.433 e. The number of benzene rings is 1. The van der Waals surface area contributed by atoms with Gasteiger partial charge in [0.15, 0.2) is 21.4 Å². The van der Waals surface area contributed by atoms with E-state index in [1.165, 1.54) is 0 Å². The molecule has 0 aromatic heterocycles. The minimum atomic E-state index is -3.85. The maximum atomic E-state index is 12.3. The molecule has 0 N–H and O–H groups in total. The molecule has 0 fully saturated rings. The minimum absolute atomic E-state index is 0.0535. The summed E-state index contributed by atoms with van der Waals surface area (Å²) in [6.45, 7) is -2.15. The normalized spacial score (nSPS) is 11.7. The number of carbonyl (C=O) groups is 1. The molecule has 0 heterocycles. The molecule has 0 unspecified atom stereocenters. The van der Waals surface area contributed by atoms with E-state index in [0.717, 1.165) is 25.3 Å². The zero-order valence-corrected chi connectivity index (χ0v) is 11.0. The maximum Gasteiger partial charge on any atom is 0.387 e. The van der Waals surface area contributed by atoms with Crippen molar-refractivity contribution < 1.29 is 26.7 Å². The Labute approximate surface area is 107 Å². The van der Waals surface area contributed by atoms with Crippen molar-refractivity contribution in [3.8, 4) is 5.75 Å². The topological polar surface area (TPSA) is 60.4 Å². The number of ketones is 1. The maximum absolute atomic E-state index is 12.3. The Bertz CT molecular complexity index is 584. The molecule has 1 aromatic rings. The van der Waals surface area contributed by atoms with Gasteiger partial charge in [0, 0.05) is 11.3 Å². The van der Waals surface area contributed by atoms with Gasteiger partial charge in [-0.25, -0.2) is 8.42 Å². The summed E-state index contributed by atoms with van der Waals surface area (Å²) in [6.07, 6.45) is 0.806. The highest BCUT2D eigenvalue weighted by atomic mass is 35.5. The van der Waals surface area contributed by atoms with Crippen LogP contribution in [0.15, 0.2) is 17.0 Å². The van der Waals surface area contributed by atoms with Crippen LogP contribution in [0.25, 0.3) is 0 Å². The van der Waals surface area contributed by atoms with Gasteiger partial charge < -0.3 is 4.74 Å². The van der Waals surface area contributed by atoms with Gasteiger partial charge in [0.05, 0.1) is 5.56 Å². The van der Waals surface area contributed by atoms with E-state index in [1.807, 2.05) is 0 Å².